The Kier molecular flexibility index (Phi) is 5.72. The molecule has 0 N–H and O–H groups in total. The summed E-state index contributed by atoms with van der Waals surface area (Å²) >= 11 is 1.34. The van der Waals surface area contributed by atoms with Gasteiger partial charge in [0.2, 0.25) is 5.91 Å². The SMILES string of the molecule is C[C@@H]1CCC[C@@H](C)N1C(=O)CSc1nc2ccccc2c(=O)n1-c1ccccc1. The predicted molar refractivity (Wildman–Crippen MR) is 118 cm³/mol. The number of hydrogen-bond acceptors (Lipinski definition) is 4. The third-order valence-electron chi connectivity index (χ3n) is 5.57. The summed E-state index contributed by atoms with van der Waals surface area (Å²) in [4.78, 5) is 32.9. The fraction of sp³-hybridized carbons (Fsp3) is 0.348. The number of aromatic nitrogens is 2. The van der Waals surface area contributed by atoms with E-state index in [1.54, 1.807) is 10.6 Å². The zero-order valence-corrected chi connectivity index (χ0v) is 17.6. The molecule has 29 heavy (non-hydrogen) atoms. The summed E-state index contributed by atoms with van der Waals surface area (Å²) < 4.78 is 1.61. The molecule has 4 rings (SSSR count). The van der Waals surface area contributed by atoms with Gasteiger partial charge in [0.15, 0.2) is 5.16 Å². The van der Waals surface area contributed by atoms with Crippen molar-refractivity contribution in [3.63, 3.8) is 0 Å². The van der Waals surface area contributed by atoms with Crippen LogP contribution in [0.25, 0.3) is 16.6 Å². The molecule has 1 aliphatic rings. The summed E-state index contributed by atoms with van der Waals surface area (Å²) in [6, 6.07) is 17.3. The number of piperidine rings is 1. The van der Waals surface area contributed by atoms with Crippen LogP contribution in [-0.4, -0.2) is 38.2 Å². The molecule has 1 fully saturated rings. The average molecular weight is 408 g/mol. The van der Waals surface area contributed by atoms with Gasteiger partial charge in [0.25, 0.3) is 5.56 Å². The first-order valence-electron chi connectivity index (χ1n) is 10.1. The molecule has 1 saturated heterocycles. The Morgan fingerprint density at radius 2 is 1.69 bits per heavy atom. The minimum absolute atomic E-state index is 0.108. The first-order chi connectivity index (χ1) is 14.1. The molecule has 1 aliphatic heterocycles. The van der Waals surface area contributed by atoms with Crippen molar-refractivity contribution in [3.05, 3.63) is 65.0 Å². The average Bonchev–Trinajstić information content (AvgIpc) is 2.73. The highest BCUT2D eigenvalue weighted by molar-refractivity contribution is 7.99. The minimum Gasteiger partial charge on any atom is -0.337 e. The summed E-state index contributed by atoms with van der Waals surface area (Å²) in [7, 11) is 0. The van der Waals surface area contributed by atoms with Crippen molar-refractivity contribution >= 4 is 28.6 Å². The van der Waals surface area contributed by atoms with E-state index in [-0.39, 0.29) is 29.3 Å². The molecule has 0 radical (unpaired) electrons. The monoisotopic (exact) mass is 407 g/mol. The highest BCUT2D eigenvalue weighted by atomic mass is 32.2. The zero-order chi connectivity index (χ0) is 20.4. The van der Waals surface area contributed by atoms with E-state index >= 15 is 0 Å². The molecule has 2 atom stereocenters. The van der Waals surface area contributed by atoms with Crippen molar-refractivity contribution < 1.29 is 4.79 Å². The Labute approximate surface area is 174 Å². The number of carbonyl (C=O) groups is 1. The van der Waals surface area contributed by atoms with Crippen LogP contribution in [0.15, 0.2) is 64.5 Å². The maximum atomic E-state index is 13.2. The fourth-order valence-corrected chi connectivity index (χ4v) is 5.01. The van der Waals surface area contributed by atoms with E-state index in [9.17, 15) is 9.59 Å². The van der Waals surface area contributed by atoms with Crippen molar-refractivity contribution in [1.29, 1.82) is 0 Å². The van der Waals surface area contributed by atoms with Crippen LogP contribution < -0.4 is 5.56 Å². The van der Waals surface area contributed by atoms with Crippen molar-refractivity contribution in [2.45, 2.75) is 50.4 Å². The van der Waals surface area contributed by atoms with Gasteiger partial charge in [0.1, 0.15) is 0 Å². The van der Waals surface area contributed by atoms with E-state index in [1.807, 2.05) is 53.4 Å². The number of fused-ring (bicyclic) bond motifs is 1. The Bertz CT molecular complexity index is 1070. The van der Waals surface area contributed by atoms with E-state index in [2.05, 4.69) is 13.8 Å². The molecular formula is C23H25N3O2S. The second kappa shape index (κ2) is 8.41. The van der Waals surface area contributed by atoms with Crippen LogP contribution in [0.3, 0.4) is 0 Å². The third-order valence-corrected chi connectivity index (χ3v) is 6.49. The molecule has 1 amide bonds. The topological polar surface area (TPSA) is 55.2 Å². The molecule has 3 aromatic rings. The van der Waals surface area contributed by atoms with Gasteiger partial charge in [-0.1, -0.05) is 42.1 Å². The lowest BCUT2D eigenvalue weighted by atomic mass is 9.98. The van der Waals surface area contributed by atoms with Gasteiger partial charge in [-0.2, -0.15) is 0 Å². The fourth-order valence-electron chi connectivity index (χ4n) is 4.13. The normalized spacial score (nSPS) is 19.4. The number of carbonyl (C=O) groups excluding carboxylic acids is 1. The lowest BCUT2D eigenvalue weighted by Crippen LogP contribution is -2.48. The molecule has 0 aliphatic carbocycles. The largest absolute Gasteiger partial charge is 0.337 e. The van der Waals surface area contributed by atoms with Crippen molar-refractivity contribution in [2.24, 2.45) is 0 Å². The number of para-hydroxylation sites is 2. The molecule has 0 spiro atoms. The predicted octanol–water partition coefficient (Wildman–Crippen LogP) is 4.27. The van der Waals surface area contributed by atoms with Crippen LogP contribution in [0.4, 0.5) is 0 Å². The molecule has 150 valence electrons. The van der Waals surface area contributed by atoms with E-state index < -0.39 is 0 Å². The van der Waals surface area contributed by atoms with E-state index in [0.717, 1.165) is 18.5 Å². The summed E-state index contributed by atoms with van der Waals surface area (Å²) in [5, 5.41) is 1.12. The lowest BCUT2D eigenvalue weighted by molar-refractivity contribution is -0.134. The summed E-state index contributed by atoms with van der Waals surface area (Å²) in [5.41, 5.74) is 1.29. The van der Waals surface area contributed by atoms with E-state index in [1.165, 1.54) is 18.2 Å². The van der Waals surface area contributed by atoms with Gasteiger partial charge in [-0.25, -0.2) is 4.98 Å². The second-order valence-corrected chi connectivity index (χ2v) is 8.55. The van der Waals surface area contributed by atoms with Crippen molar-refractivity contribution in [1.82, 2.24) is 14.5 Å². The summed E-state index contributed by atoms with van der Waals surface area (Å²) in [6.45, 7) is 4.23. The van der Waals surface area contributed by atoms with Crippen LogP contribution in [0.2, 0.25) is 0 Å². The number of likely N-dealkylation sites (tertiary alicyclic amines) is 1. The number of nitrogens with zero attached hydrogens (tertiary/aromatic N) is 3. The standard InChI is InChI=1S/C23H25N3O2S/c1-16-9-8-10-17(2)25(16)21(27)15-29-23-24-20-14-7-6-13-19(20)22(28)26(23)18-11-4-3-5-12-18/h3-7,11-14,16-17H,8-10,15H2,1-2H3/t16-,17-/m1/s1. The molecular weight excluding hydrogens is 382 g/mol. The van der Waals surface area contributed by atoms with Gasteiger partial charge in [-0.05, 0) is 57.4 Å². The van der Waals surface area contributed by atoms with Crippen LogP contribution in [0.5, 0.6) is 0 Å². The van der Waals surface area contributed by atoms with E-state index in [4.69, 9.17) is 4.98 Å². The van der Waals surface area contributed by atoms with Gasteiger partial charge in [-0.15, -0.1) is 0 Å². The van der Waals surface area contributed by atoms with Crippen LogP contribution in [0, 0.1) is 0 Å². The highest BCUT2D eigenvalue weighted by Crippen LogP contribution is 2.26. The molecule has 5 nitrogen and oxygen atoms in total. The second-order valence-electron chi connectivity index (χ2n) is 7.61. The molecule has 0 unspecified atom stereocenters. The quantitative estimate of drug-likeness (QED) is 0.479. The van der Waals surface area contributed by atoms with Gasteiger partial charge >= 0.3 is 0 Å². The number of benzene rings is 2. The van der Waals surface area contributed by atoms with Crippen LogP contribution in [0.1, 0.15) is 33.1 Å². The number of rotatable bonds is 4. The molecule has 1 aromatic heterocycles. The summed E-state index contributed by atoms with van der Waals surface area (Å²) in [6.07, 6.45) is 3.26. The molecule has 2 aromatic carbocycles. The highest BCUT2D eigenvalue weighted by Gasteiger charge is 2.29. The van der Waals surface area contributed by atoms with Crippen molar-refractivity contribution in [3.8, 4) is 5.69 Å². The Morgan fingerprint density at radius 1 is 1.03 bits per heavy atom. The minimum atomic E-state index is -0.114. The number of thioether (sulfide) groups is 1. The smallest absolute Gasteiger partial charge is 0.266 e. The Morgan fingerprint density at radius 3 is 2.41 bits per heavy atom. The van der Waals surface area contributed by atoms with Gasteiger partial charge in [-0.3, -0.25) is 14.2 Å². The van der Waals surface area contributed by atoms with Crippen LogP contribution >= 0.6 is 11.8 Å². The van der Waals surface area contributed by atoms with E-state index in [0.29, 0.717) is 16.1 Å². The zero-order valence-electron chi connectivity index (χ0n) is 16.7. The molecule has 2 heterocycles. The number of hydrogen-bond donors (Lipinski definition) is 0. The molecule has 0 saturated carbocycles. The molecule has 0 bridgehead atoms. The molecule has 6 heteroatoms. The maximum Gasteiger partial charge on any atom is 0.266 e. The number of amides is 1. The summed E-state index contributed by atoms with van der Waals surface area (Å²) in [5.74, 6) is 0.378. The van der Waals surface area contributed by atoms with Crippen LogP contribution in [-0.2, 0) is 4.79 Å². The van der Waals surface area contributed by atoms with Crippen molar-refractivity contribution in [2.75, 3.05) is 5.75 Å². The third kappa shape index (κ3) is 3.94. The van der Waals surface area contributed by atoms with Gasteiger partial charge in [0, 0.05) is 12.1 Å². The first kappa shape index (κ1) is 19.7. The van der Waals surface area contributed by atoms with Gasteiger partial charge < -0.3 is 4.90 Å². The Balaban J connectivity index is 1.69. The van der Waals surface area contributed by atoms with Gasteiger partial charge in [0.05, 0.1) is 22.3 Å². The lowest BCUT2D eigenvalue weighted by Gasteiger charge is -2.39. The Hall–Kier alpha value is -2.60. The first-order valence-corrected chi connectivity index (χ1v) is 11.1. The maximum absolute atomic E-state index is 13.2.